The van der Waals surface area contributed by atoms with Crippen LogP contribution in [0.25, 0.3) is 0 Å². The van der Waals surface area contributed by atoms with Crippen LogP contribution in [0.1, 0.15) is 57.8 Å². The van der Waals surface area contributed by atoms with E-state index in [0.717, 1.165) is 19.3 Å². The summed E-state index contributed by atoms with van der Waals surface area (Å²) in [6.07, 6.45) is 10.7. The number of rotatable bonds is 5. The number of halogens is 1. The molecular weight excluding hydrogens is 326 g/mol. The number of hydrogen-bond donors (Lipinski definition) is 1. The fraction of sp³-hybridized carbons (Fsp3) is 1.00. The van der Waals surface area contributed by atoms with Gasteiger partial charge in [0.2, 0.25) is 10.0 Å². The molecule has 0 spiro atoms. The molecule has 0 saturated heterocycles. The zero-order chi connectivity index (χ0) is 13.7. The van der Waals surface area contributed by atoms with Crippen molar-refractivity contribution in [2.75, 3.05) is 12.3 Å². The SMILES string of the molecule is O=S(=O)(CC1CCCCC1)NCC1CCCCC1Br. The number of nitrogens with one attached hydrogen (secondary N) is 1. The van der Waals surface area contributed by atoms with Crippen molar-refractivity contribution in [3.8, 4) is 0 Å². The summed E-state index contributed by atoms with van der Waals surface area (Å²) in [6, 6.07) is 0. The van der Waals surface area contributed by atoms with Crippen molar-refractivity contribution in [3.05, 3.63) is 0 Å². The molecule has 0 bridgehead atoms. The van der Waals surface area contributed by atoms with Gasteiger partial charge in [-0.1, -0.05) is 48.0 Å². The van der Waals surface area contributed by atoms with Crippen LogP contribution in [0.15, 0.2) is 0 Å². The van der Waals surface area contributed by atoms with E-state index in [0.29, 0.717) is 29.0 Å². The molecule has 3 nitrogen and oxygen atoms in total. The molecule has 1 N–H and O–H groups in total. The van der Waals surface area contributed by atoms with E-state index in [9.17, 15) is 8.42 Å². The number of hydrogen-bond acceptors (Lipinski definition) is 2. The van der Waals surface area contributed by atoms with Crippen LogP contribution in [0.3, 0.4) is 0 Å². The summed E-state index contributed by atoms with van der Waals surface area (Å²) < 4.78 is 27.1. The van der Waals surface area contributed by atoms with Crippen molar-refractivity contribution < 1.29 is 8.42 Å². The molecule has 0 aromatic carbocycles. The normalized spacial score (nSPS) is 30.4. The van der Waals surface area contributed by atoms with Gasteiger partial charge in [0.15, 0.2) is 0 Å². The summed E-state index contributed by atoms with van der Waals surface area (Å²) in [6.45, 7) is 0.616. The van der Waals surface area contributed by atoms with Gasteiger partial charge in [0.25, 0.3) is 0 Å². The third-order valence-corrected chi connectivity index (χ3v) is 7.28. The van der Waals surface area contributed by atoms with E-state index in [1.807, 2.05) is 0 Å². The highest BCUT2D eigenvalue weighted by Gasteiger charge is 2.26. The van der Waals surface area contributed by atoms with Crippen LogP contribution >= 0.6 is 15.9 Å². The number of alkyl halides is 1. The molecule has 0 aliphatic heterocycles. The second kappa shape index (κ2) is 7.41. The summed E-state index contributed by atoms with van der Waals surface area (Å²) in [5, 5.41) is 0. The molecule has 2 aliphatic carbocycles. The van der Waals surface area contributed by atoms with E-state index in [1.54, 1.807) is 0 Å². The van der Waals surface area contributed by atoms with Crippen LogP contribution < -0.4 is 4.72 Å². The molecule has 0 amide bonds. The van der Waals surface area contributed by atoms with E-state index >= 15 is 0 Å². The summed E-state index contributed by atoms with van der Waals surface area (Å²) in [5.74, 6) is 1.19. The van der Waals surface area contributed by atoms with E-state index in [4.69, 9.17) is 0 Å². The lowest BCUT2D eigenvalue weighted by Gasteiger charge is -2.28. The molecule has 2 unspecified atom stereocenters. The Balaban J connectivity index is 1.76. The zero-order valence-electron chi connectivity index (χ0n) is 11.6. The topological polar surface area (TPSA) is 46.2 Å². The third kappa shape index (κ3) is 5.35. The Hall–Kier alpha value is 0.390. The predicted molar refractivity (Wildman–Crippen MR) is 83.0 cm³/mol. The highest BCUT2D eigenvalue weighted by atomic mass is 79.9. The molecule has 2 atom stereocenters. The lowest BCUT2D eigenvalue weighted by Crippen LogP contribution is -2.37. The van der Waals surface area contributed by atoms with E-state index in [-0.39, 0.29) is 0 Å². The molecule has 19 heavy (non-hydrogen) atoms. The Morgan fingerprint density at radius 2 is 1.58 bits per heavy atom. The minimum absolute atomic E-state index is 0.340. The molecule has 2 saturated carbocycles. The highest BCUT2D eigenvalue weighted by Crippen LogP contribution is 2.30. The first-order valence-electron chi connectivity index (χ1n) is 7.68. The molecule has 0 aromatic rings. The van der Waals surface area contributed by atoms with Crippen molar-refractivity contribution in [1.29, 1.82) is 0 Å². The Kier molecular flexibility index (Phi) is 6.15. The maximum Gasteiger partial charge on any atom is 0.211 e. The Morgan fingerprint density at radius 3 is 2.26 bits per heavy atom. The lowest BCUT2D eigenvalue weighted by atomic mass is 9.89. The monoisotopic (exact) mass is 351 g/mol. The largest absolute Gasteiger partial charge is 0.215 e. The van der Waals surface area contributed by atoms with Crippen molar-refractivity contribution in [2.45, 2.75) is 62.6 Å². The van der Waals surface area contributed by atoms with Crippen molar-refractivity contribution in [1.82, 2.24) is 4.72 Å². The molecule has 2 fully saturated rings. The van der Waals surface area contributed by atoms with Crippen LogP contribution in [-0.4, -0.2) is 25.5 Å². The first-order valence-corrected chi connectivity index (χ1v) is 10.2. The fourth-order valence-corrected chi connectivity index (χ4v) is 5.66. The van der Waals surface area contributed by atoms with Crippen LogP contribution in [0.2, 0.25) is 0 Å². The molecular formula is C14H26BrNO2S. The van der Waals surface area contributed by atoms with Gasteiger partial charge in [0.05, 0.1) is 5.75 Å². The van der Waals surface area contributed by atoms with Gasteiger partial charge < -0.3 is 0 Å². The number of sulfonamides is 1. The van der Waals surface area contributed by atoms with Crippen LogP contribution in [-0.2, 0) is 10.0 Å². The van der Waals surface area contributed by atoms with E-state index in [1.165, 1.54) is 38.5 Å². The first kappa shape index (κ1) is 15.8. The Labute approximate surface area is 126 Å². The van der Waals surface area contributed by atoms with E-state index < -0.39 is 10.0 Å². The van der Waals surface area contributed by atoms with Gasteiger partial charge in [0.1, 0.15) is 0 Å². The molecule has 2 aliphatic rings. The van der Waals surface area contributed by atoms with Gasteiger partial charge in [0, 0.05) is 11.4 Å². The molecule has 5 heteroatoms. The third-order valence-electron chi connectivity index (χ3n) is 4.56. The average Bonchev–Trinajstić information content (AvgIpc) is 2.38. The summed E-state index contributed by atoms with van der Waals surface area (Å²) in [4.78, 5) is 0.485. The predicted octanol–water partition coefficient (Wildman–Crippen LogP) is 3.44. The summed E-state index contributed by atoms with van der Waals surface area (Å²) >= 11 is 3.69. The van der Waals surface area contributed by atoms with Gasteiger partial charge >= 0.3 is 0 Å². The van der Waals surface area contributed by atoms with E-state index in [2.05, 4.69) is 20.7 Å². The Morgan fingerprint density at radius 1 is 0.947 bits per heavy atom. The lowest BCUT2D eigenvalue weighted by molar-refractivity contribution is 0.367. The molecule has 0 heterocycles. The van der Waals surface area contributed by atoms with Gasteiger partial charge in [-0.2, -0.15) is 0 Å². The highest BCUT2D eigenvalue weighted by molar-refractivity contribution is 9.09. The van der Waals surface area contributed by atoms with Gasteiger partial charge in [-0.25, -0.2) is 13.1 Å². The molecule has 112 valence electrons. The van der Waals surface area contributed by atoms with Crippen LogP contribution in [0.4, 0.5) is 0 Å². The van der Waals surface area contributed by atoms with Crippen molar-refractivity contribution >= 4 is 26.0 Å². The molecule has 0 radical (unpaired) electrons. The van der Waals surface area contributed by atoms with Crippen molar-refractivity contribution in [3.63, 3.8) is 0 Å². The summed E-state index contributed by atoms with van der Waals surface area (Å²) in [7, 11) is -3.07. The van der Waals surface area contributed by atoms with Gasteiger partial charge in [-0.3, -0.25) is 0 Å². The maximum absolute atomic E-state index is 12.1. The molecule has 2 rings (SSSR count). The smallest absolute Gasteiger partial charge is 0.211 e. The van der Waals surface area contributed by atoms with Crippen LogP contribution in [0, 0.1) is 11.8 Å². The zero-order valence-corrected chi connectivity index (χ0v) is 14.0. The maximum atomic E-state index is 12.1. The van der Waals surface area contributed by atoms with Crippen molar-refractivity contribution in [2.24, 2.45) is 11.8 Å². The van der Waals surface area contributed by atoms with Crippen LogP contribution in [0.5, 0.6) is 0 Å². The minimum atomic E-state index is -3.07. The van der Waals surface area contributed by atoms with Gasteiger partial charge in [-0.15, -0.1) is 0 Å². The fourth-order valence-electron chi connectivity index (χ4n) is 3.35. The summed E-state index contributed by atoms with van der Waals surface area (Å²) in [5.41, 5.74) is 0. The first-order chi connectivity index (χ1) is 9.07. The quantitative estimate of drug-likeness (QED) is 0.771. The van der Waals surface area contributed by atoms with Gasteiger partial charge in [-0.05, 0) is 37.5 Å². The minimum Gasteiger partial charge on any atom is -0.215 e. The second-order valence-corrected chi connectivity index (χ2v) is 9.22. The average molecular weight is 352 g/mol. The molecule has 0 aromatic heterocycles. The standard InChI is InChI=1S/C14H26BrNO2S/c15-14-9-5-4-8-13(14)10-16-19(17,18)11-12-6-2-1-3-7-12/h12-14,16H,1-11H2. The second-order valence-electron chi connectivity index (χ2n) is 6.19. The Bertz CT molecular complexity index is 366.